The van der Waals surface area contributed by atoms with Crippen LogP contribution in [0.1, 0.15) is 19.4 Å². The van der Waals surface area contributed by atoms with E-state index in [4.69, 9.17) is 9.59 Å². The molecule has 0 atom stereocenters. The Morgan fingerprint density at radius 2 is 1.77 bits per heavy atom. The Morgan fingerprint density at radius 1 is 1.10 bits per heavy atom. The third-order valence-corrected chi connectivity index (χ3v) is 6.86. The molecule has 1 amide bonds. The minimum Gasteiger partial charge on any atom is -0.379 e. The number of nitrogens with one attached hydrogen (secondary N) is 1. The minimum atomic E-state index is -3.94. The predicted octanol–water partition coefficient (Wildman–Crippen LogP) is 3.73. The number of carbonyl (C=O) groups is 1. The van der Waals surface area contributed by atoms with Crippen LogP contribution in [0.15, 0.2) is 75.2 Å². The average Bonchev–Trinajstić information content (AvgIpc) is 3.17. The molecule has 2 heterocycles. The smallest absolute Gasteiger partial charge is 0.339 e. The van der Waals surface area contributed by atoms with Crippen LogP contribution >= 0.6 is 11.8 Å². The van der Waals surface area contributed by atoms with Crippen LogP contribution in [0, 0.1) is 11.3 Å². The van der Waals surface area contributed by atoms with Gasteiger partial charge in [0, 0.05) is 5.92 Å². The van der Waals surface area contributed by atoms with Crippen molar-refractivity contribution in [3.8, 4) is 5.75 Å². The van der Waals surface area contributed by atoms with E-state index in [0.717, 1.165) is 5.04 Å². The van der Waals surface area contributed by atoms with Gasteiger partial charge in [0.05, 0.1) is 5.57 Å². The monoisotopic (exact) mass is 454 g/mol. The number of hydrogen-bond donors (Lipinski definition) is 1. The van der Waals surface area contributed by atoms with E-state index in [9.17, 15) is 13.2 Å². The van der Waals surface area contributed by atoms with Crippen LogP contribution in [0.5, 0.6) is 5.75 Å². The Hall–Kier alpha value is -3.24. The van der Waals surface area contributed by atoms with Gasteiger partial charge in [0.1, 0.15) is 15.7 Å². The molecule has 0 fully saturated rings. The zero-order valence-electron chi connectivity index (χ0n) is 16.6. The van der Waals surface area contributed by atoms with Crippen LogP contribution in [0.3, 0.4) is 0 Å². The van der Waals surface area contributed by atoms with Gasteiger partial charge in [0.25, 0.3) is 5.91 Å². The van der Waals surface area contributed by atoms with Crippen molar-refractivity contribution < 1.29 is 17.4 Å². The summed E-state index contributed by atoms with van der Waals surface area (Å²) in [6, 6.07) is 14.0. The fraction of sp³-hybridized carbons (Fsp3) is 0.143. The fourth-order valence-corrected chi connectivity index (χ4v) is 4.63. The Labute approximate surface area is 184 Å². The van der Waals surface area contributed by atoms with Crippen molar-refractivity contribution in [1.29, 1.82) is 5.41 Å². The number of aliphatic imine (C=N–C) groups is 1. The molecule has 2 aromatic carbocycles. The minimum absolute atomic E-state index is 0.0508. The molecule has 2 aromatic rings. The van der Waals surface area contributed by atoms with Crippen molar-refractivity contribution in [3.63, 3.8) is 0 Å². The molecule has 0 aromatic heterocycles. The highest BCUT2D eigenvalue weighted by Crippen LogP contribution is 2.31. The average molecular weight is 455 g/mol. The van der Waals surface area contributed by atoms with E-state index >= 15 is 0 Å². The lowest BCUT2D eigenvalue weighted by molar-refractivity contribution is -0.114. The van der Waals surface area contributed by atoms with Gasteiger partial charge in [-0.1, -0.05) is 44.2 Å². The first-order valence-corrected chi connectivity index (χ1v) is 11.6. The van der Waals surface area contributed by atoms with Crippen molar-refractivity contribution >= 4 is 49.9 Å². The van der Waals surface area contributed by atoms with Gasteiger partial charge in [-0.25, -0.2) is 0 Å². The van der Waals surface area contributed by atoms with Gasteiger partial charge < -0.3 is 4.18 Å². The van der Waals surface area contributed by atoms with Crippen LogP contribution in [0.25, 0.3) is 6.08 Å². The number of amides is 1. The van der Waals surface area contributed by atoms with Gasteiger partial charge in [-0.3, -0.25) is 10.2 Å². The lowest BCUT2D eigenvalue weighted by Gasteiger charge is -2.20. The highest BCUT2D eigenvalue weighted by Gasteiger charge is 2.36. The number of fused-ring (bicyclic) bond motifs is 1. The molecular weight excluding hydrogens is 436 g/mol. The molecule has 10 heteroatoms. The molecule has 1 N–H and O–H groups in total. The van der Waals surface area contributed by atoms with Crippen molar-refractivity contribution in [1.82, 2.24) is 5.01 Å². The number of carbonyl (C=O) groups excluding carboxylic acids is 1. The second-order valence-corrected chi connectivity index (χ2v) is 9.57. The summed E-state index contributed by atoms with van der Waals surface area (Å²) in [4.78, 5) is 16.5. The number of thioether (sulfide) groups is 1. The van der Waals surface area contributed by atoms with E-state index in [1.54, 1.807) is 30.3 Å². The zero-order valence-corrected chi connectivity index (χ0v) is 18.3. The fourth-order valence-electron chi connectivity index (χ4n) is 2.79. The number of rotatable bonds is 5. The van der Waals surface area contributed by atoms with Gasteiger partial charge in [0.15, 0.2) is 5.84 Å². The summed E-state index contributed by atoms with van der Waals surface area (Å²) in [5, 5.41) is 15.3. The maximum atomic E-state index is 12.4. The van der Waals surface area contributed by atoms with Crippen molar-refractivity contribution in [2.24, 2.45) is 16.0 Å². The Balaban J connectivity index is 1.55. The summed E-state index contributed by atoms with van der Waals surface area (Å²) in [6.45, 7) is 3.96. The first-order valence-electron chi connectivity index (χ1n) is 9.34. The van der Waals surface area contributed by atoms with Gasteiger partial charge in [-0.05, 0) is 47.7 Å². The van der Waals surface area contributed by atoms with Crippen LogP contribution in [0.2, 0.25) is 0 Å². The normalized spacial score (nSPS) is 17.6. The zero-order chi connectivity index (χ0) is 22.2. The first kappa shape index (κ1) is 21.0. The topological polar surface area (TPSA) is 112 Å². The molecule has 0 spiro atoms. The van der Waals surface area contributed by atoms with Gasteiger partial charge in [0.2, 0.25) is 5.17 Å². The van der Waals surface area contributed by atoms with E-state index in [1.807, 2.05) is 13.8 Å². The summed E-state index contributed by atoms with van der Waals surface area (Å²) in [6.07, 6.45) is 1.52. The molecular formula is C21H18N4O4S2. The van der Waals surface area contributed by atoms with Crippen LogP contribution in [-0.2, 0) is 14.9 Å². The number of hydrazone groups is 1. The molecule has 0 saturated heterocycles. The van der Waals surface area contributed by atoms with Crippen molar-refractivity contribution in [3.05, 3.63) is 65.7 Å². The highest BCUT2D eigenvalue weighted by molar-refractivity contribution is 8.27. The summed E-state index contributed by atoms with van der Waals surface area (Å²) in [5.74, 6) is -0.270. The molecule has 0 radical (unpaired) electrons. The van der Waals surface area contributed by atoms with Crippen LogP contribution in [0.4, 0.5) is 0 Å². The molecule has 0 bridgehead atoms. The second kappa shape index (κ2) is 8.12. The first-order chi connectivity index (χ1) is 14.7. The van der Waals surface area contributed by atoms with E-state index in [1.165, 1.54) is 47.1 Å². The summed E-state index contributed by atoms with van der Waals surface area (Å²) < 4.78 is 29.8. The van der Waals surface area contributed by atoms with Crippen molar-refractivity contribution in [2.45, 2.75) is 18.7 Å². The maximum Gasteiger partial charge on any atom is 0.339 e. The van der Waals surface area contributed by atoms with Crippen molar-refractivity contribution in [2.75, 3.05) is 0 Å². The predicted molar refractivity (Wildman–Crippen MR) is 121 cm³/mol. The second-order valence-electron chi connectivity index (χ2n) is 7.03. The molecule has 4 rings (SSSR count). The van der Waals surface area contributed by atoms with Gasteiger partial charge in [-0.15, -0.1) is 0 Å². The Bertz CT molecular complexity index is 1250. The molecule has 31 heavy (non-hydrogen) atoms. The lowest BCUT2D eigenvalue weighted by atomic mass is 10.1. The molecule has 2 aliphatic rings. The molecule has 2 aliphatic heterocycles. The van der Waals surface area contributed by atoms with E-state index in [2.05, 4.69) is 10.1 Å². The standard InChI is InChI=1S/C21H18N4O4S2/c1-13(2)20-24-25-18(22)17(19(26)23-21(25)30-20)12-14-8-10-15(11-9-14)29-31(27,28)16-6-4-3-5-7-16/h3-13,22H,1-2H3/b17-12-,22-18?. The lowest BCUT2D eigenvalue weighted by Crippen LogP contribution is -2.35. The van der Waals surface area contributed by atoms with Gasteiger partial charge >= 0.3 is 10.1 Å². The number of nitrogens with zero attached hydrogens (tertiary/aromatic N) is 3. The van der Waals surface area contributed by atoms with Crippen LogP contribution < -0.4 is 4.18 Å². The molecule has 158 valence electrons. The Morgan fingerprint density at radius 3 is 2.42 bits per heavy atom. The summed E-state index contributed by atoms with van der Waals surface area (Å²) in [5.41, 5.74) is 0.694. The van der Waals surface area contributed by atoms with E-state index in [-0.39, 0.29) is 28.0 Å². The van der Waals surface area contributed by atoms with E-state index < -0.39 is 16.0 Å². The molecule has 0 aliphatic carbocycles. The molecule has 0 saturated carbocycles. The Kier molecular flexibility index (Phi) is 5.50. The third-order valence-electron chi connectivity index (χ3n) is 4.39. The summed E-state index contributed by atoms with van der Waals surface area (Å²) >= 11 is 1.29. The SMILES string of the molecule is CC(C)C1=NN2C(=N)/C(=C/c3ccc(OS(=O)(=O)c4ccccc4)cc3)C(=O)N=C2S1. The van der Waals surface area contributed by atoms with E-state index in [0.29, 0.717) is 10.7 Å². The van der Waals surface area contributed by atoms with Gasteiger partial charge in [-0.2, -0.15) is 23.5 Å². The number of amidine groups is 2. The van der Waals surface area contributed by atoms with Crippen LogP contribution in [-0.4, -0.2) is 35.4 Å². The number of hydrogen-bond acceptors (Lipinski definition) is 7. The third kappa shape index (κ3) is 4.30. The molecule has 8 nitrogen and oxygen atoms in total. The largest absolute Gasteiger partial charge is 0.379 e. The summed E-state index contributed by atoms with van der Waals surface area (Å²) in [7, 11) is -3.94. The number of benzene rings is 2. The molecule has 0 unspecified atom stereocenters. The quantitative estimate of drug-likeness (QED) is 0.544. The highest BCUT2D eigenvalue weighted by atomic mass is 32.2. The maximum absolute atomic E-state index is 12.4.